The third kappa shape index (κ3) is 2.94. The van der Waals surface area contributed by atoms with Crippen LogP contribution in [0.2, 0.25) is 5.02 Å². The van der Waals surface area contributed by atoms with Gasteiger partial charge in [-0.15, -0.1) is 0 Å². The molecule has 1 aromatic heterocycles. The van der Waals surface area contributed by atoms with Crippen LogP contribution in [0.25, 0.3) is 0 Å². The topological polar surface area (TPSA) is 41.1 Å². The number of nitrogens with zero attached hydrogens (tertiary/aromatic N) is 3. The van der Waals surface area contributed by atoms with E-state index in [2.05, 4.69) is 52.5 Å². The Hall–Kier alpha value is -2.59. The Bertz CT molecular complexity index is 1000. The third-order valence-electron chi connectivity index (χ3n) is 5.60. The summed E-state index contributed by atoms with van der Waals surface area (Å²) < 4.78 is 0. The largest absolute Gasteiger partial charge is 0.349 e. The summed E-state index contributed by atoms with van der Waals surface area (Å²) in [6.45, 7) is 3.15. The summed E-state index contributed by atoms with van der Waals surface area (Å²) in [5.41, 5.74) is 4.91. The van der Waals surface area contributed by atoms with Crippen LogP contribution in [-0.4, -0.2) is 16.5 Å². The van der Waals surface area contributed by atoms with E-state index >= 15 is 0 Å². The Kier molecular flexibility index (Phi) is 4.01. The number of halogens is 1. The number of benzene rings is 2. The number of anilines is 3. The van der Waals surface area contributed by atoms with Gasteiger partial charge in [-0.25, -0.2) is 4.98 Å². The maximum atomic E-state index is 6.11. The van der Waals surface area contributed by atoms with Gasteiger partial charge in [-0.3, -0.25) is 0 Å². The second-order valence-corrected chi connectivity index (χ2v) is 7.70. The lowest BCUT2D eigenvalue weighted by Gasteiger charge is -2.30. The van der Waals surface area contributed by atoms with Gasteiger partial charge in [0.15, 0.2) is 0 Å². The van der Waals surface area contributed by atoms with E-state index in [9.17, 15) is 0 Å². The predicted molar refractivity (Wildman–Crippen MR) is 110 cm³/mol. The monoisotopic (exact) mass is 376 g/mol. The van der Waals surface area contributed by atoms with Crippen molar-refractivity contribution in [2.24, 2.45) is 0 Å². The summed E-state index contributed by atoms with van der Waals surface area (Å²) >= 11 is 6.11. The maximum absolute atomic E-state index is 6.11. The molecule has 5 rings (SSSR count). The van der Waals surface area contributed by atoms with Crippen molar-refractivity contribution >= 4 is 29.1 Å². The van der Waals surface area contributed by atoms with Gasteiger partial charge in [0.1, 0.15) is 5.82 Å². The number of fused-ring (bicyclic) bond motifs is 5. The fraction of sp³-hybridized carbons (Fsp3) is 0.273. The molecule has 136 valence electrons. The molecule has 2 atom stereocenters. The van der Waals surface area contributed by atoms with Crippen LogP contribution in [0.1, 0.15) is 42.1 Å². The van der Waals surface area contributed by atoms with Crippen LogP contribution in [0.4, 0.5) is 17.5 Å². The van der Waals surface area contributed by atoms with Gasteiger partial charge in [0.2, 0.25) is 5.95 Å². The fourth-order valence-corrected chi connectivity index (χ4v) is 4.55. The van der Waals surface area contributed by atoms with Gasteiger partial charge >= 0.3 is 0 Å². The molecule has 1 aliphatic carbocycles. The van der Waals surface area contributed by atoms with Gasteiger partial charge in [-0.05, 0) is 42.2 Å². The SMILES string of the molecule is CCc1cc(N2C[C@H]3C[C@H]2c2ccccc23)nc(Nc2cccc(Cl)c2)n1. The summed E-state index contributed by atoms with van der Waals surface area (Å²) in [5, 5.41) is 4.01. The van der Waals surface area contributed by atoms with Crippen LogP contribution < -0.4 is 10.2 Å². The molecular weight excluding hydrogens is 356 g/mol. The minimum atomic E-state index is 0.421. The van der Waals surface area contributed by atoms with Crippen molar-refractivity contribution < 1.29 is 0 Å². The van der Waals surface area contributed by atoms with E-state index < -0.39 is 0 Å². The van der Waals surface area contributed by atoms with E-state index in [4.69, 9.17) is 16.6 Å². The zero-order valence-corrected chi connectivity index (χ0v) is 15.9. The van der Waals surface area contributed by atoms with Gasteiger partial charge in [-0.1, -0.05) is 48.9 Å². The van der Waals surface area contributed by atoms with E-state index in [-0.39, 0.29) is 0 Å². The van der Waals surface area contributed by atoms with Gasteiger partial charge in [0.05, 0.1) is 6.04 Å². The van der Waals surface area contributed by atoms with Crippen LogP contribution in [0.15, 0.2) is 54.6 Å². The molecule has 5 heteroatoms. The van der Waals surface area contributed by atoms with E-state index in [1.807, 2.05) is 24.3 Å². The molecule has 2 aliphatic rings. The minimum absolute atomic E-state index is 0.421. The van der Waals surface area contributed by atoms with Crippen molar-refractivity contribution in [2.75, 3.05) is 16.8 Å². The highest BCUT2D eigenvalue weighted by Crippen LogP contribution is 2.51. The molecule has 1 N–H and O–H groups in total. The average molecular weight is 377 g/mol. The normalized spacial score (nSPS) is 20.0. The summed E-state index contributed by atoms with van der Waals surface area (Å²) in [6.07, 6.45) is 2.06. The van der Waals surface area contributed by atoms with Crippen molar-refractivity contribution in [1.82, 2.24) is 9.97 Å². The lowest BCUT2D eigenvalue weighted by Crippen LogP contribution is -2.28. The average Bonchev–Trinajstić information content (AvgIpc) is 3.28. The smallest absolute Gasteiger partial charge is 0.229 e. The second-order valence-electron chi connectivity index (χ2n) is 7.26. The molecule has 3 aromatic rings. The summed E-state index contributed by atoms with van der Waals surface area (Å²) in [7, 11) is 0. The highest BCUT2D eigenvalue weighted by Gasteiger charge is 2.42. The fourth-order valence-electron chi connectivity index (χ4n) is 4.36. The Morgan fingerprint density at radius 2 is 1.93 bits per heavy atom. The van der Waals surface area contributed by atoms with Crippen molar-refractivity contribution in [3.63, 3.8) is 0 Å². The first-order chi connectivity index (χ1) is 13.2. The third-order valence-corrected chi connectivity index (χ3v) is 5.83. The molecule has 1 aliphatic heterocycles. The van der Waals surface area contributed by atoms with E-state index in [1.54, 1.807) is 0 Å². The first-order valence-electron chi connectivity index (χ1n) is 9.47. The van der Waals surface area contributed by atoms with Gasteiger partial charge in [0, 0.05) is 34.9 Å². The summed E-state index contributed by atoms with van der Waals surface area (Å²) in [5.74, 6) is 2.24. The molecule has 0 spiro atoms. The van der Waals surface area contributed by atoms with Gasteiger partial charge in [-0.2, -0.15) is 4.98 Å². The van der Waals surface area contributed by atoms with Crippen LogP contribution in [0.3, 0.4) is 0 Å². The lowest BCUT2D eigenvalue weighted by atomic mass is 9.99. The number of aryl methyl sites for hydroxylation is 1. The van der Waals surface area contributed by atoms with Crippen LogP contribution >= 0.6 is 11.6 Å². The van der Waals surface area contributed by atoms with E-state index in [0.717, 1.165) is 30.2 Å². The molecule has 0 amide bonds. The minimum Gasteiger partial charge on any atom is -0.349 e. The number of aromatic nitrogens is 2. The molecule has 0 saturated carbocycles. The molecule has 1 fully saturated rings. The second kappa shape index (κ2) is 6.54. The number of hydrogen-bond donors (Lipinski definition) is 1. The molecule has 27 heavy (non-hydrogen) atoms. The molecule has 0 unspecified atom stereocenters. The first-order valence-corrected chi connectivity index (χ1v) is 9.85. The van der Waals surface area contributed by atoms with Crippen molar-refractivity contribution in [2.45, 2.75) is 31.7 Å². The first kappa shape index (κ1) is 16.6. The van der Waals surface area contributed by atoms with Crippen molar-refractivity contribution in [1.29, 1.82) is 0 Å². The Morgan fingerprint density at radius 1 is 1.07 bits per heavy atom. The predicted octanol–water partition coefficient (Wildman–Crippen LogP) is 5.48. The molecule has 4 nitrogen and oxygen atoms in total. The Labute approximate surface area is 164 Å². The van der Waals surface area contributed by atoms with Crippen molar-refractivity contribution in [3.05, 3.63) is 76.4 Å². The number of hydrogen-bond acceptors (Lipinski definition) is 4. The standard InChI is InChI=1S/C22H21ClN4/c1-2-16-12-21(26-22(24-16)25-17-7-5-6-15(23)11-17)27-13-14-10-20(27)19-9-4-3-8-18(14)19/h3-9,11-12,14,20H,2,10,13H2,1H3,(H,24,25,26)/t14-,20+/m1/s1. The molecule has 2 bridgehead atoms. The molecule has 2 heterocycles. The molecule has 2 aromatic carbocycles. The van der Waals surface area contributed by atoms with Crippen LogP contribution in [0.5, 0.6) is 0 Å². The maximum Gasteiger partial charge on any atom is 0.229 e. The summed E-state index contributed by atoms with van der Waals surface area (Å²) in [4.78, 5) is 11.9. The molecule has 1 saturated heterocycles. The molecular formula is C22H21ClN4. The van der Waals surface area contributed by atoms with Gasteiger partial charge in [0.25, 0.3) is 0 Å². The lowest BCUT2D eigenvalue weighted by molar-refractivity contribution is 0.727. The summed E-state index contributed by atoms with van der Waals surface area (Å²) in [6, 6.07) is 19.0. The van der Waals surface area contributed by atoms with E-state index in [0.29, 0.717) is 22.9 Å². The van der Waals surface area contributed by atoms with Crippen LogP contribution in [0, 0.1) is 0 Å². The van der Waals surface area contributed by atoms with E-state index in [1.165, 1.54) is 17.5 Å². The van der Waals surface area contributed by atoms with Crippen LogP contribution in [-0.2, 0) is 6.42 Å². The zero-order valence-electron chi connectivity index (χ0n) is 15.2. The Morgan fingerprint density at radius 3 is 2.74 bits per heavy atom. The number of nitrogens with one attached hydrogen (secondary N) is 1. The molecule has 0 radical (unpaired) electrons. The van der Waals surface area contributed by atoms with Crippen molar-refractivity contribution in [3.8, 4) is 0 Å². The Balaban J connectivity index is 1.49. The zero-order chi connectivity index (χ0) is 18.4. The highest BCUT2D eigenvalue weighted by atomic mass is 35.5. The van der Waals surface area contributed by atoms with Gasteiger partial charge < -0.3 is 10.2 Å². The number of rotatable bonds is 4. The quantitative estimate of drug-likeness (QED) is 0.654. The highest BCUT2D eigenvalue weighted by molar-refractivity contribution is 6.30.